The molecule has 3 aromatic rings. The molecule has 0 aromatic carbocycles. The molecule has 0 spiro atoms. The van der Waals surface area contributed by atoms with Crippen molar-refractivity contribution in [3.8, 4) is 16.5 Å². The van der Waals surface area contributed by atoms with Crippen LogP contribution in [0.2, 0.25) is 0 Å². The number of nitrogens with zero attached hydrogens (tertiary/aromatic N) is 6. The SMILES string of the molecule is CC(C)N(C(=O)c1csc(-c2cnn(-c3ncccn3)c2)n1)C1CCNCC1. The normalized spacial score (nSPS) is 15.1. The maximum Gasteiger partial charge on any atom is 0.273 e. The second-order valence-corrected chi connectivity index (χ2v) is 7.91. The van der Waals surface area contributed by atoms with Gasteiger partial charge in [-0.25, -0.2) is 19.6 Å². The summed E-state index contributed by atoms with van der Waals surface area (Å²) in [7, 11) is 0. The first-order valence-corrected chi connectivity index (χ1v) is 10.3. The van der Waals surface area contributed by atoms with E-state index in [0.717, 1.165) is 36.5 Å². The molecule has 0 aliphatic carbocycles. The Morgan fingerprint density at radius 3 is 2.75 bits per heavy atom. The molecule has 0 atom stereocenters. The van der Waals surface area contributed by atoms with Gasteiger partial charge in [0.1, 0.15) is 10.7 Å². The third-order valence-corrected chi connectivity index (χ3v) is 5.69. The van der Waals surface area contributed by atoms with Crippen molar-refractivity contribution in [1.29, 1.82) is 0 Å². The monoisotopic (exact) mass is 397 g/mol. The topological polar surface area (TPSA) is 88.8 Å². The van der Waals surface area contributed by atoms with Gasteiger partial charge in [0.15, 0.2) is 0 Å². The number of amides is 1. The first-order chi connectivity index (χ1) is 13.6. The molecule has 0 unspecified atom stereocenters. The van der Waals surface area contributed by atoms with E-state index in [4.69, 9.17) is 0 Å². The Labute approximate surface area is 167 Å². The molecule has 0 saturated carbocycles. The Balaban J connectivity index is 1.55. The smallest absolute Gasteiger partial charge is 0.273 e. The lowest BCUT2D eigenvalue weighted by molar-refractivity contribution is 0.0560. The molecule has 1 amide bonds. The highest BCUT2D eigenvalue weighted by atomic mass is 32.1. The van der Waals surface area contributed by atoms with Crippen molar-refractivity contribution in [1.82, 2.24) is 34.9 Å². The predicted octanol–water partition coefficient (Wildman–Crippen LogP) is 2.39. The summed E-state index contributed by atoms with van der Waals surface area (Å²) in [6, 6.07) is 2.16. The predicted molar refractivity (Wildman–Crippen MR) is 107 cm³/mol. The number of thiazole rings is 1. The van der Waals surface area contributed by atoms with Crippen LogP contribution >= 0.6 is 11.3 Å². The fourth-order valence-corrected chi connectivity index (χ4v) is 4.27. The Kier molecular flexibility index (Phi) is 5.45. The van der Waals surface area contributed by atoms with E-state index in [1.54, 1.807) is 29.3 Å². The maximum atomic E-state index is 13.2. The summed E-state index contributed by atoms with van der Waals surface area (Å²) in [4.78, 5) is 28.1. The van der Waals surface area contributed by atoms with Crippen molar-refractivity contribution in [3.63, 3.8) is 0 Å². The van der Waals surface area contributed by atoms with Crippen LogP contribution in [-0.2, 0) is 0 Å². The van der Waals surface area contributed by atoms with Crippen LogP contribution in [0.1, 0.15) is 37.2 Å². The van der Waals surface area contributed by atoms with Gasteiger partial charge in [-0.3, -0.25) is 4.79 Å². The van der Waals surface area contributed by atoms with Gasteiger partial charge in [0.25, 0.3) is 5.91 Å². The summed E-state index contributed by atoms with van der Waals surface area (Å²) in [6.45, 7) is 6.03. The first-order valence-electron chi connectivity index (χ1n) is 9.45. The van der Waals surface area contributed by atoms with Crippen LogP contribution < -0.4 is 5.32 Å². The summed E-state index contributed by atoms with van der Waals surface area (Å²) in [6.07, 6.45) is 8.84. The Hall–Kier alpha value is -2.65. The molecule has 8 nitrogen and oxygen atoms in total. The van der Waals surface area contributed by atoms with Crippen molar-refractivity contribution < 1.29 is 4.79 Å². The zero-order valence-corrected chi connectivity index (χ0v) is 16.8. The zero-order valence-electron chi connectivity index (χ0n) is 15.9. The molecule has 0 radical (unpaired) electrons. The molecular formula is C19H23N7OS. The highest BCUT2D eigenvalue weighted by molar-refractivity contribution is 7.13. The molecule has 1 saturated heterocycles. The van der Waals surface area contributed by atoms with Crippen molar-refractivity contribution in [2.24, 2.45) is 0 Å². The molecule has 1 aliphatic heterocycles. The minimum Gasteiger partial charge on any atom is -0.332 e. The Morgan fingerprint density at radius 2 is 2.04 bits per heavy atom. The standard InChI is InChI=1S/C19H23N7OS/c1-13(2)26(15-4-8-20-9-5-15)18(27)16-12-28-17(24-16)14-10-23-25(11-14)19-21-6-3-7-22-19/h3,6-7,10-13,15,20H,4-5,8-9H2,1-2H3. The van der Waals surface area contributed by atoms with E-state index >= 15 is 0 Å². The van der Waals surface area contributed by atoms with E-state index in [9.17, 15) is 4.79 Å². The third kappa shape index (κ3) is 3.81. The van der Waals surface area contributed by atoms with Crippen LogP contribution in [0.5, 0.6) is 0 Å². The van der Waals surface area contributed by atoms with Crippen LogP contribution in [0, 0.1) is 0 Å². The minimum absolute atomic E-state index is 0.00295. The largest absolute Gasteiger partial charge is 0.332 e. The lowest BCUT2D eigenvalue weighted by Gasteiger charge is -2.37. The first kappa shape index (κ1) is 18.7. The minimum atomic E-state index is 0.00295. The van der Waals surface area contributed by atoms with E-state index in [2.05, 4.69) is 39.2 Å². The zero-order chi connectivity index (χ0) is 19.5. The number of rotatable bonds is 5. The number of aromatic nitrogens is 5. The maximum absolute atomic E-state index is 13.2. The van der Waals surface area contributed by atoms with Crippen molar-refractivity contribution in [2.45, 2.75) is 38.8 Å². The number of piperidine rings is 1. The van der Waals surface area contributed by atoms with Crippen molar-refractivity contribution >= 4 is 17.2 Å². The molecule has 1 N–H and O–H groups in total. The van der Waals surface area contributed by atoms with E-state index in [-0.39, 0.29) is 18.0 Å². The van der Waals surface area contributed by atoms with Crippen molar-refractivity contribution in [3.05, 3.63) is 41.9 Å². The highest BCUT2D eigenvalue weighted by Gasteiger charge is 2.29. The van der Waals surface area contributed by atoms with Gasteiger partial charge in [-0.05, 0) is 45.8 Å². The van der Waals surface area contributed by atoms with E-state index in [1.165, 1.54) is 11.3 Å². The summed E-state index contributed by atoms with van der Waals surface area (Å²) in [5.41, 5.74) is 1.34. The quantitative estimate of drug-likeness (QED) is 0.711. The van der Waals surface area contributed by atoms with Gasteiger partial charge in [-0.2, -0.15) is 5.10 Å². The fourth-order valence-electron chi connectivity index (χ4n) is 3.50. The third-order valence-electron chi connectivity index (χ3n) is 4.80. The number of hydrogen-bond donors (Lipinski definition) is 1. The molecule has 1 fully saturated rings. The molecule has 4 rings (SSSR count). The number of carbonyl (C=O) groups excluding carboxylic acids is 1. The lowest BCUT2D eigenvalue weighted by atomic mass is 10.0. The van der Waals surface area contributed by atoms with Crippen LogP contribution in [0.15, 0.2) is 36.2 Å². The van der Waals surface area contributed by atoms with Crippen LogP contribution in [0.3, 0.4) is 0 Å². The molecule has 28 heavy (non-hydrogen) atoms. The fraction of sp³-hybridized carbons (Fsp3) is 0.421. The van der Waals surface area contributed by atoms with Crippen LogP contribution in [0.25, 0.3) is 16.5 Å². The number of hydrogen-bond acceptors (Lipinski definition) is 7. The van der Waals surface area contributed by atoms with Gasteiger partial charge in [0, 0.05) is 41.6 Å². The van der Waals surface area contributed by atoms with Gasteiger partial charge in [-0.15, -0.1) is 11.3 Å². The van der Waals surface area contributed by atoms with Gasteiger partial charge in [-0.1, -0.05) is 0 Å². The summed E-state index contributed by atoms with van der Waals surface area (Å²) < 4.78 is 1.60. The Bertz CT molecular complexity index is 931. The number of carbonyl (C=O) groups is 1. The second kappa shape index (κ2) is 8.15. The van der Waals surface area contributed by atoms with Crippen molar-refractivity contribution in [2.75, 3.05) is 13.1 Å². The molecule has 4 heterocycles. The van der Waals surface area contributed by atoms with Gasteiger partial charge in [0.2, 0.25) is 5.95 Å². The second-order valence-electron chi connectivity index (χ2n) is 7.05. The summed E-state index contributed by atoms with van der Waals surface area (Å²) in [5.74, 6) is 0.502. The molecule has 1 aliphatic rings. The molecule has 146 valence electrons. The van der Waals surface area contributed by atoms with E-state index in [0.29, 0.717) is 11.6 Å². The van der Waals surface area contributed by atoms with Gasteiger partial charge < -0.3 is 10.2 Å². The molecule has 9 heteroatoms. The van der Waals surface area contributed by atoms with E-state index in [1.807, 2.05) is 16.5 Å². The van der Waals surface area contributed by atoms with Crippen LogP contribution in [-0.4, -0.2) is 60.7 Å². The Morgan fingerprint density at radius 1 is 1.29 bits per heavy atom. The molecular weight excluding hydrogens is 374 g/mol. The number of nitrogens with one attached hydrogen (secondary N) is 1. The van der Waals surface area contributed by atoms with Gasteiger partial charge in [0.05, 0.1) is 6.20 Å². The highest BCUT2D eigenvalue weighted by Crippen LogP contribution is 2.26. The summed E-state index contributed by atoms with van der Waals surface area (Å²) >= 11 is 1.45. The van der Waals surface area contributed by atoms with Gasteiger partial charge >= 0.3 is 0 Å². The average Bonchev–Trinajstić information content (AvgIpc) is 3.39. The lowest BCUT2D eigenvalue weighted by Crippen LogP contribution is -2.49. The molecule has 3 aromatic heterocycles. The van der Waals surface area contributed by atoms with E-state index < -0.39 is 0 Å². The molecule has 0 bridgehead atoms. The van der Waals surface area contributed by atoms with Crippen LogP contribution in [0.4, 0.5) is 0 Å². The average molecular weight is 398 g/mol. The summed E-state index contributed by atoms with van der Waals surface area (Å²) in [5, 5.41) is 10.3.